The molecule has 0 fully saturated rings. The fourth-order valence-electron chi connectivity index (χ4n) is 2.15. The highest BCUT2D eigenvalue weighted by Gasteiger charge is 2.17. The molecule has 2 aromatic carbocycles. The Morgan fingerprint density at radius 3 is 1.90 bits per heavy atom. The third-order valence-corrected chi connectivity index (χ3v) is 4.37. The van der Waals surface area contributed by atoms with Crippen LogP contribution in [0, 0.1) is 13.8 Å². The molecular weight excluding hydrogens is 307 g/mol. The Kier molecular flexibility index (Phi) is 5.02. The van der Waals surface area contributed by atoms with Gasteiger partial charge in [-0.05, 0) is 54.3 Å². The van der Waals surface area contributed by atoms with Gasteiger partial charge in [0.2, 0.25) is 0 Å². The summed E-state index contributed by atoms with van der Waals surface area (Å²) in [6, 6.07) is 9.58. The molecule has 0 aliphatic heterocycles. The zero-order valence-electron chi connectivity index (χ0n) is 12.5. The summed E-state index contributed by atoms with van der Waals surface area (Å²) >= 11 is 13.0. The van der Waals surface area contributed by atoms with Crippen LogP contribution in [0.25, 0.3) is 0 Å². The molecule has 0 aliphatic carbocycles. The van der Waals surface area contributed by atoms with Crippen molar-refractivity contribution in [2.75, 3.05) is 14.2 Å². The number of methoxy groups -OCH3 is 2. The fraction of sp³-hybridized carbons (Fsp3) is 0.294. The number of ether oxygens (including phenoxy) is 2. The standard InChI is InChI=1S/C17H18Cl2O2/c1-10-5-15(16(18)6-11(10)2)17(19)12-7-13(20-3)9-14(8-12)21-4/h5-9,17H,1-4H3. The molecule has 0 aliphatic rings. The van der Waals surface area contributed by atoms with Crippen LogP contribution < -0.4 is 9.47 Å². The van der Waals surface area contributed by atoms with Crippen molar-refractivity contribution >= 4 is 23.2 Å². The van der Waals surface area contributed by atoms with Gasteiger partial charge in [0.25, 0.3) is 0 Å². The van der Waals surface area contributed by atoms with Crippen LogP contribution in [0.5, 0.6) is 11.5 Å². The quantitative estimate of drug-likeness (QED) is 0.710. The monoisotopic (exact) mass is 324 g/mol. The average Bonchev–Trinajstić information content (AvgIpc) is 2.49. The van der Waals surface area contributed by atoms with Gasteiger partial charge in [-0.15, -0.1) is 11.6 Å². The first kappa shape index (κ1) is 16.0. The van der Waals surface area contributed by atoms with Crippen LogP contribution >= 0.6 is 23.2 Å². The van der Waals surface area contributed by atoms with Gasteiger partial charge < -0.3 is 9.47 Å². The third-order valence-electron chi connectivity index (χ3n) is 3.55. The maximum Gasteiger partial charge on any atom is 0.122 e. The first-order chi connectivity index (χ1) is 9.96. The number of benzene rings is 2. The minimum atomic E-state index is -0.360. The van der Waals surface area contributed by atoms with E-state index in [1.54, 1.807) is 14.2 Å². The number of halogens is 2. The maximum atomic E-state index is 6.62. The van der Waals surface area contributed by atoms with E-state index in [9.17, 15) is 0 Å². The highest BCUT2D eigenvalue weighted by Crippen LogP contribution is 2.38. The topological polar surface area (TPSA) is 18.5 Å². The molecule has 2 aromatic rings. The molecule has 4 heteroatoms. The number of alkyl halides is 1. The van der Waals surface area contributed by atoms with Gasteiger partial charge >= 0.3 is 0 Å². The van der Waals surface area contributed by atoms with Crippen LogP contribution in [0.3, 0.4) is 0 Å². The second-order valence-corrected chi connectivity index (χ2v) is 5.81. The summed E-state index contributed by atoms with van der Waals surface area (Å²) in [6.45, 7) is 4.08. The summed E-state index contributed by atoms with van der Waals surface area (Å²) in [6.07, 6.45) is 0. The van der Waals surface area contributed by atoms with E-state index in [0.29, 0.717) is 16.5 Å². The van der Waals surface area contributed by atoms with Crippen LogP contribution in [0.15, 0.2) is 30.3 Å². The Labute approximate surface area is 135 Å². The van der Waals surface area contributed by atoms with Gasteiger partial charge in [0.05, 0.1) is 19.6 Å². The van der Waals surface area contributed by atoms with E-state index in [1.807, 2.05) is 44.2 Å². The lowest BCUT2D eigenvalue weighted by Gasteiger charge is -2.16. The van der Waals surface area contributed by atoms with Crippen molar-refractivity contribution in [1.29, 1.82) is 0 Å². The zero-order valence-corrected chi connectivity index (χ0v) is 14.0. The Hall–Kier alpha value is -1.38. The molecule has 0 aromatic heterocycles. The van der Waals surface area contributed by atoms with E-state index >= 15 is 0 Å². The second-order valence-electron chi connectivity index (χ2n) is 4.97. The largest absolute Gasteiger partial charge is 0.497 e. The van der Waals surface area contributed by atoms with E-state index in [-0.39, 0.29) is 5.38 Å². The summed E-state index contributed by atoms with van der Waals surface area (Å²) in [4.78, 5) is 0. The molecule has 0 radical (unpaired) electrons. The molecule has 0 heterocycles. The van der Waals surface area contributed by atoms with Crippen molar-refractivity contribution in [3.05, 3.63) is 57.6 Å². The second kappa shape index (κ2) is 6.59. The van der Waals surface area contributed by atoms with E-state index in [1.165, 1.54) is 0 Å². The molecular formula is C17H18Cl2O2. The molecule has 2 rings (SSSR count). The van der Waals surface area contributed by atoms with Crippen molar-refractivity contribution < 1.29 is 9.47 Å². The molecule has 0 amide bonds. The number of aryl methyl sites for hydroxylation is 2. The molecule has 0 N–H and O–H groups in total. The lowest BCUT2D eigenvalue weighted by Crippen LogP contribution is -1.98. The van der Waals surface area contributed by atoms with Gasteiger partial charge in [-0.1, -0.05) is 17.7 Å². The average molecular weight is 325 g/mol. The predicted octanol–water partition coefficient (Wildman–Crippen LogP) is 5.30. The van der Waals surface area contributed by atoms with Gasteiger partial charge in [-0.25, -0.2) is 0 Å². The lowest BCUT2D eigenvalue weighted by atomic mass is 9.99. The summed E-state index contributed by atoms with van der Waals surface area (Å²) in [5.41, 5.74) is 4.08. The molecule has 21 heavy (non-hydrogen) atoms. The van der Waals surface area contributed by atoms with Gasteiger partial charge in [0.15, 0.2) is 0 Å². The zero-order chi connectivity index (χ0) is 15.6. The van der Waals surface area contributed by atoms with Gasteiger partial charge in [0, 0.05) is 11.1 Å². The van der Waals surface area contributed by atoms with Crippen molar-refractivity contribution in [3.8, 4) is 11.5 Å². The normalized spacial score (nSPS) is 12.1. The summed E-state index contributed by atoms with van der Waals surface area (Å²) in [5.74, 6) is 1.41. The summed E-state index contributed by atoms with van der Waals surface area (Å²) in [5, 5.41) is 0.306. The first-order valence-corrected chi connectivity index (χ1v) is 7.41. The minimum Gasteiger partial charge on any atom is -0.497 e. The van der Waals surface area contributed by atoms with Crippen LogP contribution in [-0.2, 0) is 0 Å². The molecule has 2 nitrogen and oxygen atoms in total. The Morgan fingerprint density at radius 1 is 0.857 bits per heavy atom. The summed E-state index contributed by atoms with van der Waals surface area (Å²) in [7, 11) is 3.23. The first-order valence-electron chi connectivity index (χ1n) is 6.60. The maximum absolute atomic E-state index is 6.62. The number of hydrogen-bond acceptors (Lipinski definition) is 2. The van der Waals surface area contributed by atoms with Crippen molar-refractivity contribution in [2.45, 2.75) is 19.2 Å². The van der Waals surface area contributed by atoms with Gasteiger partial charge in [-0.2, -0.15) is 0 Å². The molecule has 0 spiro atoms. The van der Waals surface area contributed by atoms with Crippen LogP contribution in [-0.4, -0.2) is 14.2 Å². The van der Waals surface area contributed by atoms with Gasteiger partial charge in [-0.3, -0.25) is 0 Å². The third kappa shape index (κ3) is 3.45. The molecule has 0 saturated carbocycles. The van der Waals surface area contributed by atoms with Crippen molar-refractivity contribution in [1.82, 2.24) is 0 Å². The molecule has 0 bridgehead atoms. The van der Waals surface area contributed by atoms with E-state index in [2.05, 4.69) is 0 Å². The van der Waals surface area contributed by atoms with E-state index in [4.69, 9.17) is 32.7 Å². The molecule has 1 unspecified atom stereocenters. The number of rotatable bonds is 4. The highest BCUT2D eigenvalue weighted by atomic mass is 35.5. The SMILES string of the molecule is COc1cc(OC)cc(C(Cl)c2cc(C)c(C)cc2Cl)c1. The Morgan fingerprint density at radius 2 is 1.38 bits per heavy atom. The molecule has 112 valence electrons. The van der Waals surface area contributed by atoms with Gasteiger partial charge in [0.1, 0.15) is 11.5 Å². The van der Waals surface area contributed by atoms with E-state index in [0.717, 1.165) is 22.3 Å². The van der Waals surface area contributed by atoms with Crippen LogP contribution in [0.4, 0.5) is 0 Å². The fourth-order valence-corrected chi connectivity index (χ4v) is 2.84. The number of hydrogen-bond donors (Lipinski definition) is 0. The summed E-state index contributed by atoms with van der Waals surface area (Å²) < 4.78 is 10.6. The minimum absolute atomic E-state index is 0.360. The Balaban J connectivity index is 2.49. The predicted molar refractivity (Wildman–Crippen MR) is 88.2 cm³/mol. The molecule has 1 atom stereocenters. The smallest absolute Gasteiger partial charge is 0.122 e. The van der Waals surface area contributed by atoms with Crippen LogP contribution in [0.2, 0.25) is 5.02 Å². The Bertz CT molecular complexity index is 631. The lowest BCUT2D eigenvalue weighted by molar-refractivity contribution is 0.393. The highest BCUT2D eigenvalue weighted by molar-refractivity contribution is 6.33. The van der Waals surface area contributed by atoms with Crippen molar-refractivity contribution in [2.24, 2.45) is 0 Å². The van der Waals surface area contributed by atoms with E-state index < -0.39 is 0 Å². The van der Waals surface area contributed by atoms with Crippen LogP contribution in [0.1, 0.15) is 27.6 Å². The van der Waals surface area contributed by atoms with Crippen molar-refractivity contribution in [3.63, 3.8) is 0 Å². The molecule has 0 saturated heterocycles.